The van der Waals surface area contributed by atoms with E-state index in [0.29, 0.717) is 0 Å². The first-order valence-corrected chi connectivity index (χ1v) is 9.32. The lowest BCUT2D eigenvalue weighted by Gasteiger charge is -2.29. The third-order valence-corrected chi connectivity index (χ3v) is 5.60. The summed E-state index contributed by atoms with van der Waals surface area (Å²) in [4.78, 5) is 14.4. The number of ether oxygens (including phenoxy) is 1. The average Bonchev–Trinajstić information content (AvgIpc) is 3.07. The van der Waals surface area contributed by atoms with E-state index in [1.165, 1.54) is 5.56 Å². The maximum atomic E-state index is 12.4. The second-order valence-corrected chi connectivity index (χ2v) is 7.45. The van der Waals surface area contributed by atoms with Gasteiger partial charge in [-0.1, -0.05) is 12.1 Å². The van der Waals surface area contributed by atoms with Crippen molar-refractivity contribution in [1.82, 2.24) is 5.01 Å². The van der Waals surface area contributed by atoms with Crippen molar-refractivity contribution in [3.8, 4) is 5.75 Å². The van der Waals surface area contributed by atoms with E-state index in [4.69, 9.17) is 9.84 Å². The van der Waals surface area contributed by atoms with Gasteiger partial charge in [0.25, 0.3) is 0 Å². The number of hydrazone groups is 1. The van der Waals surface area contributed by atoms with Crippen molar-refractivity contribution in [1.29, 1.82) is 0 Å². The quantitative estimate of drug-likeness (QED) is 0.836. The summed E-state index contributed by atoms with van der Waals surface area (Å²) in [6, 6.07) is 14.6. The minimum Gasteiger partial charge on any atom is -0.497 e. The number of fused-ring (bicyclic) bond motifs is 3. The van der Waals surface area contributed by atoms with Crippen LogP contribution in [0.2, 0.25) is 0 Å². The van der Waals surface area contributed by atoms with Gasteiger partial charge in [0.1, 0.15) is 5.75 Å². The molecule has 0 bridgehead atoms. The Morgan fingerprint density at radius 2 is 1.93 bits per heavy atom. The molecule has 27 heavy (non-hydrogen) atoms. The summed E-state index contributed by atoms with van der Waals surface area (Å²) in [5.74, 6) is 1.07. The number of benzene rings is 2. The van der Waals surface area contributed by atoms with Gasteiger partial charge in [-0.15, -0.1) is 0 Å². The number of hydrogen-bond acceptors (Lipinski definition) is 4. The first-order chi connectivity index (χ1) is 13.0. The number of methoxy groups -OCH3 is 1. The summed E-state index contributed by atoms with van der Waals surface area (Å²) in [6.45, 7) is 1.59. The van der Waals surface area contributed by atoms with Gasteiger partial charge in [-0.2, -0.15) is 5.10 Å². The second-order valence-electron chi connectivity index (χ2n) is 7.45. The lowest BCUT2D eigenvalue weighted by molar-refractivity contribution is -0.131. The van der Waals surface area contributed by atoms with Crippen LogP contribution in [0, 0.1) is 5.92 Å². The van der Waals surface area contributed by atoms with Crippen LogP contribution in [0.5, 0.6) is 5.75 Å². The third-order valence-electron chi connectivity index (χ3n) is 5.60. The molecule has 2 aromatic carbocycles. The summed E-state index contributed by atoms with van der Waals surface area (Å²) in [5.41, 5.74) is 5.70. The van der Waals surface area contributed by atoms with E-state index in [1.54, 1.807) is 19.0 Å². The van der Waals surface area contributed by atoms with Crippen molar-refractivity contribution < 1.29 is 9.53 Å². The molecule has 1 heterocycles. The number of rotatable bonds is 3. The fraction of sp³-hybridized carbons (Fsp3) is 0.364. The molecule has 2 atom stereocenters. The Balaban J connectivity index is 1.73. The Morgan fingerprint density at radius 1 is 1.19 bits per heavy atom. The number of anilines is 1. The molecule has 5 nitrogen and oxygen atoms in total. The van der Waals surface area contributed by atoms with Crippen LogP contribution in [0.3, 0.4) is 0 Å². The van der Waals surface area contributed by atoms with Crippen LogP contribution in [0.4, 0.5) is 5.69 Å². The van der Waals surface area contributed by atoms with Crippen LogP contribution in [-0.2, 0) is 11.2 Å². The molecular formula is C22H25N3O2. The van der Waals surface area contributed by atoms with E-state index < -0.39 is 0 Å². The number of aryl methyl sites for hydroxylation is 1. The Kier molecular flexibility index (Phi) is 4.38. The molecule has 0 fully saturated rings. The molecule has 0 saturated heterocycles. The predicted molar refractivity (Wildman–Crippen MR) is 107 cm³/mol. The summed E-state index contributed by atoms with van der Waals surface area (Å²) < 4.78 is 5.36. The Hall–Kier alpha value is -2.82. The molecule has 1 amide bonds. The maximum Gasteiger partial charge on any atom is 0.240 e. The van der Waals surface area contributed by atoms with E-state index in [0.717, 1.165) is 41.1 Å². The minimum atomic E-state index is -0.0380. The van der Waals surface area contributed by atoms with E-state index >= 15 is 0 Å². The molecule has 0 N–H and O–H groups in total. The number of nitrogens with zero attached hydrogens (tertiary/aromatic N) is 3. The van der Waals surface area contributed by atoms with Gasteiger partial charge in [-0.3, -0.25) is 4.79 Å². The van der Waals surface area contributed by atoms with Crippen LogP contribution in [-0.4, -0.2) is 37.8 Å². The minimum absolute atomic E-state index is 0.0198. The van der Waals surface area contributed by atoms with Gasteiger partial charge < -0.3 is 9.64 Å². The molecule has 0 aromatic heterocycles. The Bertz CT molecular complexity index is 902. The Morgan fingerprint density at radius 3 is 2.56 bits per heavy atom. The zero-order valence-corrected chi connectivity index (χ0v) is 16.3. The largest absolute Gasteiger partial charge is 0.497 e. The molecule has 5 heteroatoms. The highest BCUT2D eigenvalue weighted by molar-refractivity contribution is 6.06. The predicted octanol–water partition coefficient (Wildman–Crippen LogP) is 3.63. The molecule has 140 valence electrons. The van der Waals surface area contributed by atoms with E-state index in [2.05, 4.69) is 41.3 Å². The summed E-state index contributed by atoms with van der Waals surface area (Å²) in [6.07, 6.45) is 1.94. The Labute approximate surface area is 160 Å². The van der Waals surface area contributed by atoms with Crippen LogP contribution in [0.25, 0.3) is 0 Å². The molecule has 0 saturated carbocycles. The van der Waals surface area contributed by atoms with Crippen LogP contribution in [0.15, 0.2) is 47.6 Å². The lowest BCUT2D eigenvalue weighted by atomic mass is 9.77. The monoisotopic (exact) mass is 363 g/mol. The smallest absolute Gasteiger partial charge is 0.240 e. The van der Waals surface area contributed by atoms with Gasteiger partial charge in [-0.25, -0.2) is 5.01 Å². The van der Waals surface area contributed by atoms with Gasteiger partial charge in [0.05, 0.1) is 18.9 Å². The summed E-state index contributed by atoms with van der Waals surface area (Å²) in [7, 11) is 5.74. The van der Waals surface area contributed by atoms with Gasteiger partial charge >= 0.3 is 0 Å². The highest BCUT2D eigenvalue weighted by atomic mass is 16.5. The van der Waals surface area contributed by atoms with Gasteiger partial charge in [0.2, 0.25) is 5.91 Å². The average molecular weight is 363 g/mol. The number of carbonyl (C=O) groups is 1. The molecule has 0 spiro atoms. The van der Waals surface area contributed by atoms with Crippen LogP contribution in [0.1, 0.15) is 36.1 Å². The normalized spacial score (nSPS) is 20.6. The van der Waals surface area contributed by atoms with E-state index in [9.17, 15) is 4.79 Å². The molecule has 0 radical (unpaired) electrons. The lowest BCUT2D eigenvalue weighted by Crippen LogP contribution is -2.31. The van der Waals surface area contributed by atoms with Crippen LogP contribution < -0.4 is 9.64 Å². The van der Waals surface area contributed by atoms with Crippen molar-refractivity contribution in [2.24, 2.45) is 11.0 Å². The van der Waals surface area contributed by atoms with Crippen LogP contribution >= 0.6 is 0 Å². The van der Waals surface area contributed by atoms with Gasteiger partial charge in [0, 0.05) is 38.2 Å². The van der Waals surface area contributed by atoms with Crippen molar-refractivity contribution in [2.45, 2.75) is 25.8 Å². The highest BCUT2D eigenvalue weighted by Gasteiger charge is 2.43. The zero-order chi connectivity index (χ0) is 19.1. The topological polar surface area (TPSA) is 45.1 Å². The molecule has 0 unspecified atom stereocenters. The molecule has 4 rings (SSSR count). The first kappa shape index (κ1) is 17.6. The number of carbonyl (C=O) groups excluding carboxylic acids is 1. The van der Waals surface area contributed by atoms with Gasteiger partial charge in [-0.05, 0) is 54.3 Å². The van der Waals surface area contributed by atoms with Crippen molar-refractivity contribution in [3.63, 3.8) is 0 Å². The highest BCUT2D eigenvalue weighted by Crippen LogP contribution is 2.44. The summed E-state index contributed by atoms with van der Waals surface area (Å²) >= 11 is 0. The SMILES string of the molecule is COc1ccc2c(c1)CC[C@@H]1C2=NN(C(C)=O)[C@H]1c1ccc(N(C)C)cc1. The molecule has 1 aliphatic carbocycles. The standard InChI is InChI=1S/C22H25N3O2/c1-14(26)25-22(15-5-8-17(9-6-15)24(2)3)20-11-7-16-13-18(27-4)10-12-19(16)21(20)23-25/h5-6,8-10,12-13,20,22H,7,11H2,1-4H3/t20-,22+/m1/s1. The summed E-state index contributed by atoms with van der Waals surface area (Å²) in [5, 5.41) is 6.44. The first-order valence-electron chi connectivity index (χ1n) is 9.32. The molecular weight excluding hydrogens is 338 g/mol. The van der Waals surface area contributed by atoms with Gasteiger partial charge in [0.15, 0.2) is 0 Å². The number of amides is 1. The fourth-order valence-electron chi connectivity index (χ4n) is 4.19. The number of hydrogen-bond donors (Lipinski definition) is 0. The molecule has 2 aromatic rings. The fourth-order valence-corrected chi connectivity index (χ4v) is 4.19. The molecule has 1 aliphatic heterocycles. The third kappa shape index (κ3) is 2.97. The second kappa shape index (κ2) is 6.72. The van der Waals surface area contributed by atoms with Crippen molar-refractivity contribution in [2.75, 3.05) is 26.1 Å². The van der Waals surface area contributed by atoms with E-state index in [1.807, 2.05) is 20.2 Å². The van der Waals surface area contributed by atoms with Crippen molar-refractivity contribution >= 4 is 17.3 Å². The van der Waals surface area contributed by atoms with Crippen molar-refractivity contribution in [3.05, 3.63) is 59.2 Å². The maximum absolute atomic E-state index is 12.4. The molecule has 2 aliphatic rings. The van der Waals surface area contributed by atoms with E-state index in [-0.39, 0.29) is 17.9 Å². The zero-order valence-electron chi connectivity index (χ0n) is 16.3.